The van der Waals surface area contributed by atoms with Gasteiger partial charge in [-0.1, -0.05) is 0 Å². The largest absolute Gasteiger partial charge is 0.372 e. The molecule has 1 unspecified atom stereocenters. The molecule has 3 N–H and O–H groups in total. The highest BCUT2D eigenvalue weighted by atomic mass is 16.6. The van der Waals surface area contributed by atoms with Crippen LogP contribution in [-0.2, 0) is 4.74 Å². The Morgan fingerprint density at radius 3 is 2.42 bits per heavy atom. The lowest BCUT2D eigenvalue weighted by atomic mass is 10.3. The summed E-state index contributed by atoms with van der Waals surface area (Å²) in [5.41, 5.74) is 7.71. The molecule has 0 radical (unpaired) electrons. The predicted molar refractivity (Wildman–Crippen MR) is 49.1 cm³/mol. The van der Waals surface area contributed by atoms with Crippen LogP contribution < -0.4 is 5.73 Å². The fraction of sp³-hybridized carbons (Fsp3) is 0.556. The molecule has 0 bridgehead atoms. The summed E-state index contributed by atoms with van der Waals surface area (Å²) in [7, 11) is 0. The summed E-state index contributed by atoms with van der Waals surface area (Å²) < 4.78 is 4.73. The van der Waals surface area contributed by atoms with Crippen LogP contribution in [0.4, 0.5) is 0 Å². The molecular formula is C9H16N2O. The first kappa shape index (κ1) is 9.29. The van der Waals surface area contributed by atoms with E-state index in [0.29, 0.717) is 12.6 Å². The van der Waals surface area contributed by atoms with Crippen LogP contribution in [0.3, 0.4) is 0 Å². The predicted octanol–water partition coefficient (Wildman–Crippen LogP) is 0.975. The van der Waals surface area contributed by atoms with E-state index in [1.165, 1.54) is 11.3 Å². The van der Waals surface area contributed by atoms with Crippen molar-refractivity contribution in [1.82, 2.24) is 4.98 Å². The quantitative estimate of drug-likeness (QED) is 0.614. The van der Waals surface area contributed by atoms with Crippen LogP contribution in [0.1, 0.15) is 11.3 Å². The molecular weight excluding hydrogens is 152 g/mol. The second kappa shape index (κ2) is 4.28. The first-order chi connectivity index (χ1) is 5.74. The number of ether oxygens (including phenoxy) is 1. The van der Waals surface area contributed by atoms with Crippen molar-refractivity contribution in [2.24, 2.45) is 5.73 Å². The van der Waals surface area contributed by atoms with Gasteiger partial charge in [0.1, 0.15) is 0 Å². The van der Waals surface area contributed by atoms with E-state index in [4.69, 9.17) is 10.5 Å². The van der Waals surface area contributed by atoms with E-state index in [0.717, 1.165) is 6.61 Å². The normalized spacial score (nSPS) is 19.8. The Morgan fingerprint density at radius 1 is 1.67 bits per heavy atom. The number of nitrogens with one attached hydrogen (secondary N) is 1. The summed E-state index contributed by atoms with van der Waals surface area (Å²) in [5, 5.41) is 0. The number of nitrogens with two attached hydrogens (primary N) is 1. The summed E-state index contributed by atoms with van der Waals surface area (Å²) in [4.78, 5) is 3.07. The minimum absolute atomic E-state index is 0.412. The molecule has 1 atom stereocenters. The van der Waals surface area contributed by atoms with E-state index >= 15 is 0 Å². The van der Waals surface area contributed by atoms with Crippen LogP contribution in [0.2, 0.25) is 0 Å². The zero-order valence-corrected chi connectivity index (χ0v) is 7.63. The molecule has 3 nitrogen and oxygen atoms in total. The van der Waals surface area contributed by atoms with Crippen LogP contribution >= 0.6 is 0 Å². The second-order valence-corrected chi connectivity index (χ2v) is 2.98. The number of aromatic nitrogens is 1. The number of aryl methyl sites for hydroxylation is 2. The van der Waals surface area contributed by atoms with Crippen LogP contribution in [0, 0.1) is 13.8 Å². The van der Waals surface area contributed by atoms with Crippen molar-refractivity contribution in [2.75, 3.05) is 13.2 Å². The van der Waals surface area contributed by atoms with Gasteiger partial charge in [-0.05, 0) is 25.5 Å². The third-order valence-electron chi connectivity index (χ3n) is 1.89. The average molecular weight is 168 g/mol. The molecule has 1 aliphatic heterocycles. The molecule has 0 spiro atoms. The zero-order valence-electron chi connectivity index (χ0n) is 7.63. The number of hydrogen-bond acceptors (Lipinski definition) is 2. The Morgan fingerprint density at radius 2 is 2.33 bits per heavy atom. The standard InChI is InChI=1S/C6H9N.C3H7NO/c1-5-3-4-7-6(5)2;4-1-3-2-5-3/h3-4,7H,1-2H3;3H,1-2,4H2. The summed E-state index contributed by atoms with van der Waals surface area (Å²) in [6, 6.07) is 2.06. The molecule has 12 heavy (non-hydrogen) atoms. The minimum Gasteiger partial charge on any atom is -0.372 e. The van der Waals surface area contributed by atoms with Gasteiger partial charge in [-0.3, -0.25) is 0 Å². The van der Waals surface area contributed by atoms with Gasteiger partial charge >= 0.3 is 0 Å². The maximum absolute atomic E-state index is 5.11. The zero-order chi connectivity index (χ0) is 8.97. The van der Waals surface area contributed by atoms with Crippen LogP contribution in [0.15, 0.2) is 12.3 Å². The van der Waals surface area contributed by atoms with Crippen molar-refractivity contribution in [2.45, 2.75) is 20.0 Å². The third kappa shape index (κ3) is 3.07. The summed E-state index contributed by atoms with van der Waals surface area (Å²) in [6.07, 6.45) is 2.36. The van der Waals surface area contributed by atoms with Gasteiger partial charge in [-0.15, -0.1) is 0 Å². The molecule has 0 aromatic carbocycles. The van der Waals surface area contributed by atoms with Crippen LogP contribution in [0.5, 0.6) is 0 Å². The molecule has 3 heteroatoms. The number of epoxide rings is 1. The van der Waals surface area contributed by atoms with Crippen molar-refractivity contribution >= 4 is 0 Å². The molecule has 1 aliphatic rings. The van der Waals surface area contributed by atoms with Gasteiger partial charge in [0.05, 0.1) is 12.7 Å². The highest BCUT2D eigenvalue weighted by Gasteiger charge is 2.18. The molecule has 1 aromatic rings. The highest BCUT2D eigenvalue weighted by Crippen LogP contribution is 2.03. The number of H-pyrrole nitrogens is 1. The fourth-order valence-corrected chi connectivity index (χ4v) is 0.735. The maximum Gasteiger partial charge on any atom is 0.0931 e. The Labute approximate surface area is 72.9 Å². The van der Waals surface area contributed by atoms with Gasteiger partial charge in [0.25, 0.3) is 0 Å². The number of aromatic amines is 1. The molecule has 68 valence electrons. The van der Waals surface area contributed by atoms with E-state index in [2.05, 4.69) is 24.9 Å². The molecule has 1 fully saturated rings. The SMILES string of the molecule is Cc1cc[nH]c1C.NCC1CO1. The average Bonchev–Trinajstić information content (AvgIpc) is 2.82. The van der Waals surface area contributed by atoms with Crippen LogP contribution in [-0.4, -0.2) is 24.2 Å². The van der Waals surface area contributed by atoms with Crippen molar-refractivity contribution in [3.05, 3.63) is 23.5 Å². The summed E-state index contributed by atoms with van der Waals surface area (Å²) in [6.45, 7) is 5.73. The van der Waals surface area contributed by atoms with Crippen LogP contribution in [0.25, 0.3) is 0 Å². The maximum atomic E-state index is 5.11. The highest BCUT2D eigenvalue weighted by molar-refractivity contribution is 5.15. The first-order valence-electron chi connectivity index (χ1n) is 4.16. The Bertz CT molecular complexity index is 212. The third-order valence-corrected chi connectivity index (χ3v) is 1.89. The minimum atomic E-state index is 0.412. The molecule has 2 heterocycles. The molecule has 1 aromatic heterocycles. The van der Waals surface area contributed by atoms with Gasteiger partial charge in [-0.25, -0.2) is 0 Å². The molecule has 0 saturated carbocycles. The topological polar surface area (TPSA) is 54.3 Å². The van der Waals surface area contributed by atoms with E-state index < -0.39 is 0 Å². The van der Waals surface area contributed by atoms with E-state index in [1.807, 2.05) is 6.20 Å². The van der Waals surface area contributed by atoms with Crippen molar-refractivity contribution in [1.29, 1.82) is 0 Å². The smallest absolute Gasteiger partial charge is 0.0931 e. The second-order valence-electron chi connectivity index (χ2n) is 2.98. The fourth-order valence-electron chi connectivity index (χ4n) is 0.735. The van der Waals surface area contributed by atoms with E-state index in [9.17, 15) is 0 Å². The molecule has 2 rings (SSSR count). The molecule has 0 aliphatic carbocycles. The van der Waals surface area contributed by atoms with Gasteiger partial charge in [0.2, 0.25) is 0 Å². The monoisotopic (exact) mass is 168 g/mol. The molecule has 1 saturated heterocycles. The van der Waals surface area contributed by atoms with Gasteiger partial charge in [-0.2, -0.15) is 0 Å². The van der Waals surface area contributed by atoms with Gasteiger partial charge in [0.15, 0.2) is 0 Å². The Hall–Kier alpha value is -0.800. The lowest BCUT2D eigenvalue weighted by Gasteiger charge is -1.81. The van der Waals surface area contributed by atoms with Crippen molar-refractivity contribution in [3.63, 3.8) is 0 Å². The number of hydrogen-bond donors (Lipinski definition) is 2. The summed E-state index contributed by atoms with van der Waals surface area (Å²) >= 11 is 0. The van der Waals surface area contributed by atoms with E-state index in [1.54, 1.807) is 0 Å². The van der Waals surface area contributed by atoms with Crippen molar-refractivity contribution in [3.8, 4) is 0 Å². The van der Waals surface area contributed by atoms with E-state index in [-0.39, 0.29) is 0 Å². The summed E-state index contributed by atoms with van der Waals surface area (Å²) in [5.74, 6) is 0. The molecule has 0 amide bonds. The lowest BCUT2D eigenvalue weighted by Crippen LogP contribution is -2.05. The Balaban J connectivity index is 0.000000127. The van der Waals surface area contributed by atoms with Gasteiger partial charge < -0.3 is 15.5 Å². The first-order valence-corrected chi connectivity index (χ1v) is 4.16. The Kier molecular flexibility index (Phi) is 3.31. The number of rotatable bonds is 1. The van der Waals surface area contributed by atoms with Crippen molar-refractivity contribution < 1.29 is 4.74 Å². The lowest BCUT2D eigenvalue weighted by molar-refractivity contribution is 0.412. The van der Waals surface area contributed by atoms with Gasteiger partial charge in [0, 0.05) is 18.4 Å².